The second-order valence-electron chi connectivity index (χ2n) is 2.66. The molecule has 0 aliphatic rings. The Labute approximate surface area is 92.3 Å². The van der Waals surface area contributed by atoms with E-state index in [1.54, 1.807) is 12.3 Å². The molecule has 0 N–H and O–H groups in total. The fraction of sp³-hybridized carbons (Fsp3) is 0.375. The van der Waals surface area contributed by atoms with Gasteiger partial charge in [0.25, 0.3) is 0 Å². The van der Waals surface area contributed by atoms with Gasteiger partial charge in [0.15, 0.2) is 0 Å². The van der Waals surface area contributed by atoms with Crippen LogP contribution in [0.15, 0.2) is 23.4 Å². The standard InChI is InChI=1S/C8H10ClNO2S2/c1-13-8-7(3-2-5-10-8)4-6-14(9,11)12/h2-3,5H,4,6H2,1H3. The summed E-state index contributed by atoms with van der Waals surface area (Å²) >= 11 is 1.50. The Morgan fingerprint density at radius 1 is 1.57 bits per heavy atom. The molecule has 14 heavy (non-hydrogen) atoms. The second-order valence-corrected chi connectivity index (χ2v) is 6.36. The SMILES string of the molecule is CSc1ncccc1CCS(=O)(=O)Cl. The fourth-order valence-electron chi connectivity index (χ4n) is 1.03. The number of rotatable bonds is 4. The third-order valence-electron chi connectivity index (χ3n) is 1.66. The monoisotopic (exact) mass is 251 g/mol. The number of thioether (sulfide) groups is 1. The Morgan fingerprint density at radius 3 is 2.86 bits per heavy atom. The third-order valence-corrected chi connectivity index (χ3v) is 3.57. The lowest BCUT2D eigenvalue weighted by atomic mass is 10.2. The molecule has 1 rings (SSSR count). The van der Waals surface area contributed by atoms with Gasteiger partial charge in [0.2, 0.25) is 9.05 Å². The van der Waals surface area contributed by atoms with Gasteiger partial charge in [-0.2, -0.15) is 0 Å². The molecule has 78 valence electrons. The maximum Gasteiger partial charge on any atom is 0.232 e. The van der Waals surface area contributed by atoms with E-state index in [0.717, 1.165) is 10.6 Å². The van der Waals surface area contributed by atoms with E-state index < -0.39 is 9.05 Å². The van der Waals surface area contributed by atoms with Crippen molar-refractivity contribution in [2.24, 2.45) is 0 Å². The van der Waals surface area contributed by atoms with Crippen LogP contribution in [0, 0.1) is 0 Å². The van der Waals surface area contributed by atoms with Crippen molar-refractivity contribution in [3.05, 3.63) is 23.9 Å². The van der Waals surface area contributed by atoms with Crippen LogP contribution in [-0.2, 0) is 15.5 Å². The van der Waals surface area contributed by atoms with Gasteiger partial charge in [-0.3, -0.25) is 0 Å². The summed E-state index contributed by atoms with van der Waals surface area (Å²) in [5.41, 5.74) is 0.921. The van der Waals surface area contributed by atoms with Crippen LogP contribution in [0.25, 0.3) is 0 Å². The molecular weight excluding hydrogens is 242 g/mol. The van der Waals surface area contributed by atoms with E-state index in [9.17, 15) is 8.42 Å². The lowest BCUT2D eigenvalue weighted by molar-refractivity contribution is 0.608. The highest BCUT2D eigenvalue weighted by molar-refractivity contribution is 8.13. The number of aryl methyl sites for hydroxylation is 1. The van der Waals surface area contributed by atoms with Crippen LogP contribution in [0.3, 0.4) is 0 Å². The van der Waals surface area contributed by atoms with E-state index >= 15 is 0 Å². The molecule has 0 spiro atoms. The topological polar surface area (TPSA) is 47.0 Å². The van der Waals surface area contributed by atoms with Crippen molar-refractivity contribution >= 4 is 31.5 Å². The predicted molar refractivity (Wildman–Crippen MR) is 59.4 cm³/mol. The minimum atomic E-state index is -3.41. The van der Waals surface area contributed by atoms with Gasteiger partial charge < -0.3 is 0 Å². The van der Waals surface area contributed by atoms with Crippen molar-refractivity contribution in [2.75, 3.05) is 12.0 Å². The van der Waals surface area contributed by atoms with Crippen LogP contribution < -0.4 is 0 Å². The molecule has 0 aromatic carbocycles. The highest BCUT2D eigenvalue weighted by atomic mass is 35.7. The van der Waals surface area contributed by atoms with Gasteiger partial charge in [-0.1, -0.05) is 6.07 Å². The van der Waals surface area contributed by atoms with Crippen molar-refractivity contribution < 1.29 is 8.42 Å². The first-order chi connectivity index (χ1) is 6.53. The maximum absolute atomic E-state index is 10.7. The normalized spacial score (nSPS) is 11.6. The van der Waals surface area contributed by atoms with E-state index in [4.69, 9.17) is 10.7 Å². The Morgan fingerprint density at radius 2 is 2.29 bits per heavy atom. The number of aromatic nitrogens is 1. The number of hydrogen-bond acceptors (Lipinski definition) is 4. The molecule has 0 aliphatic heterocycles. The molecule has 1 aromatic heterocycles. The summed E-state index contributed by atoms with van der Waals surface area (Å²) in [6.07, 6.45) is 4.00. The quantitative estimate of drug-likeness (QED) is 0.606. The van der Waals surface area contributed by atoms with Gasteiger partial charge in [0, 0.05) is 16.9 Å². The van der Waals surface area contributed by atoms with Crippen molar-refractivity contribution in [1.29, 1.82) is 0 Å². The molecule has 0 saturated heterocycles. The summed E-state index contributed by atoms with van der Waals surface area (Å²) < 4.78 is 21.5. The van der Waals surface area contributed by atoms with Gasteiger partial charge >= 0.3 is 0 Å². The van der Waals surface area contributed by atoms with Gasteiger partial charge in [-0.15, -0.1) is 11.8 Å². The van der Waals surface area contributed by atoms with Crippen LogP contribution in [0.5, 0.6) is 0 Å². The largest absolute Gasteiger partial charge is 0.250 e. The first-order valence-corrected chi connectivity index (χ1v) is 7.63. The average Bonchev–Trinajstić information content (AvgIpc) is 2.14. The Hall–Kier alpha value is -0.260. The predicted octanol–water partition coefficient (Wildman–Crippen LogP) is 1.91. The average molecular weight is 252 g/mol. The summed E-state index contributed by atoms with van der Waals surface area (Å²) in [7, 11) is 1.71. The molecule has 3 nitrogen and oxygen atoms in total. The first kappa shape index (κ1) is 11.8. The smallest absolute Gasteiger partial charge is 0.232 e. The molecule has 1 aromatic rings. The van der Waals surface area contributed by atoms with Crippen LogP contribution in [0.1, 0.15) is 5.56 Å². The number of hydrogen-bond donors (Lipinski definition) is 0. The molecule has 0 amide bonds. The summed E-state index contributed by atoms with van der Waals surface area (Å²) in [4.78, 5) is 4.12. The van der Waals surface area contributed by atoms with Gasteiger partial charge in [0.05, 0.1) is 10.8 Å². The van der Waals surface area contributed by atoms with E-state index in [0.29, 0.717) is 6.42 Å². The molecule has 0 bridgehead atoms. The molecule has 0 saturated carbocycles. The van der Waals surface area contributed by atoms with E-state index in [-0.39, 0.29) is 5.75 Å². The molecule has 0 fully saturated rings. The maximum atomic E-state index is 10.7. The van der Waals surface area contributed by atoms with Gasteiger partial charge in [-0.25, -0.2) is 13.4 Å². The van der Waals surface area contributed by atoms with Crippen molar-refractivity contribution in [1.82, 2.24) is 4.98 Å². The molecule has 0 radical (unpaired) electrons. The number of nitrogens with zero attached hydrogens (tertiary/aromatic N) is 1. The Bertz CT molecular complexity index is 406. The van der Waals surface area contributed by atoms with Crippen molar-refractivity contribution in [2.45, 2.75) is 11.4 Å². The molecule has 0 aliphatic carbocycles. The molecule has 6 heteroatoms. The Kier molecular flexibility index (Phi) is 4.22. The van der Waals surface area contributed by atoms with E-state index in [1.807, 2.05) is 12.3 Å². The summed E-state index contributed by atoms with van der Waals surface area (Å²) in [6.45, 7) is 0. The minimum Gasteiger partial charge on any atom is -0.250 e. The highest BCUT2D eigenvalue weighted by Crippen LogP contribution is 2.18. The lowest BCUT2D eigenvalue weighted by Gasteiger charge is -2.03. The zero-order chi connectivity index (χ0) is 10.6. The Balaban J connectivity index is 2.76. The molecule has 1 heterocycles. The second kappa shape index (κ2) is 5.00. The van der Waals surface area contributed by atoms with Crippen LogP contribution in [0.4, 0.5) is 0 Å². The number of pyridine rings is 1. The zero-order valence-electron chi connectivity index (χ0n) is 7.60. The molecule has 0 atom stereocenters. The summed E-state index contributed by atoms with van der Waals surface area (Å²) in [5.74, 6) is -0.0478. The fourth-order valence-corrected chi connectivity index (χ4v) is 2.32. The van der Waals surface area contributed by atoms with Gasteiger partial charge in [-0.05, 0) is 24.3 Å². The van der Waals surface area contributed by atoms with Crippen LogP contribution in [0.2, 0.25) is 0 Å². The number of halogens is 1. The van der Waals surface area contributed by atoms with E-state index in [2.05, 4.69) is 4.98 Å². The molecular formula is C8H10ClNO2S2. The lowest BCUT2D eigenvalue weighted by Crippen LogP contribution is -2.02. The van der Waals surface area contributed by atoms with Crippen molar-refractivity contribution in [3.8, 4) is 0 Å². The zero-order valence-corrected chi connectivity index (χ0v) is 9.99. The molecule has 0 unspecified atom stereocenters. The summed E-state index contributed by atoms with van der Waals surface area (Å²) in [6, 6.07) is 3.65. The van der Waals surface area contributed by atoms with E-state index in [1.165, 1.54) is 11.8 Å². The highest BCUT2D eigenvalue weighted by Gasteiger charge is 2.08. The van der Waals surface area contributed by atoms with Crippen LogP contribution in [-0.4, -0.2) is 25.4 Å². The van der Waals surface area contributed by atoms with Crippen molar-refractivity contribution in [3.63, 3.8) is 0 Å². The van der Waals surface area contributed by atoms with Crippen LogP contribution >= 0.6 is 22.4 Å². The van der Waals surface area contributed by atoms with Gasteiger partial charge in [0.1, 0.15) is 0 Å². The third kappa shape index (κ3) is 3.86. The minimum absolute atomic E-state index is 0.0478. The summed E-state index contributed by atoms with van der Waals surface area (Å²) in [5, 5.41) is 0.854. The first-order valence-electron chi connectivity index (χ1n) is 3.93.